The maximum Gasteiger partial charge on any atom is 0.252 e. The molecule has 0 bridgehead atoms. The quantitative estimate of drug-likeness (QED) is 0.411. The van der Waals surface area contributed by atoms with E-state index in [9.17, 15) is 13.2 Å². The van der Waals surface area contributed by atoms with Gasteiger partial charge in [-0.05, 0) is 65.2 Å². The molecule has 144 valence electrons. The first-order valence-electron chi connectivity index (χ1n) is 8.48. The van der Waals surface area contributed by atoms with Gasteiger partial charge in [-0.15, -0.1) is 0 Å². The number of hydrazine groups is 1. The van der Waals surface area contributed by atoms with E-state index >= 15 is 0 Å². The summed E-state index contributed by atoms with van der Waals surface area (Å²) in [6.45, 7) is 0.287. The standard InChI is InChI=1S/C18H20BrN3O4S/c19-15-5-1-2-7-17(15)26-13-8-10-14(11-9-13)27(24,25)22-12-4-3-6-16(22)18(23)21-20/h1-2,5,7-11,16H,3-4,6,12,20H2,(H,21,23)/t16-/m1/s1. The SMILES string of the molecule is NNC(=O)[C@H]1CCCCN1S(=O)(=O)c1ccc(Oc2ccccc2Br)cc1. The summed E-state index contributed by atoms with van der Waals surface area (Å²) in [6.07, 6.45) is 1.94. The third kappa shape index (κ3) is 4.32. The van der Waals surface area contributed by atoms with Crippen LogP contribution in [0, 0.1) is 0 Å². The van der Waals surface area contributed by atoms with Gasteiger partial charge in [0.25, 0.3) is 5.91 Å². The molecule has 1 aliphatic rings. The third-order valence-corrected chi connectivity index (χ3v) is 6.97. The van der Waals surface area contributed by atoms with Crippen molar-refractivity contribution in [2.75, 3.05) is 6.54 Å². The molecule has 0 spiro atoms. The highest BCUT2D eigenvalue weighted by molar-refractivity contribution is 9.10. The molecule has 0 aromatic heterocycles. The van der Waals surface area contributed by atoms with E-state index in [4.69, 9.17) is 10.6 Å². The summed E-state index contributed by atoms with van der Waals surface area (Å²) in [5, 5.41) is 0. The number of nitrogens with zero attached hydrogens (tertiary/aromatic N) is 1. The number of nitrogens with one attached hydrogen (secondary N) is 1. The van der Waals surface area contributed by atoms with Crippen LogP contribution < -0.4 is 16.0 Å². The number of sulfonamides is 1. The van der Waals surface area contributed by atoms with E-state index in [1.807, 2.05) is 18.2 Å². The van der Waals surface area contributed by atoms with Crippen molar-refractivity contribution in [3.8, 4) is 11.5 Å². The van der Waals surface area contributed by atoms with E-state index in [1.54, 1.807) is 18.2 Å². The minimum Gasteiger partial charge on any atom is -0.456 e. The van der Waals surface area contributed by atoms with Gasteiger partial charge in [0, 0.05) is 6.54 Å². The number of carbonyl (C=O) groups is 1. The lowest BCUT2D eigenvalue weighted by atomic mass is 10.0. The second kappa shape index (κ2) is 8.39. The normalized spacial score (nSPS) is 18.1. The Kier molecular flexibility index (Phi) is 6.15. The summed E-state index contributed by atoms with van der Waals surface area (Å²) in [6, 6.07) is 12.7. The highest BCUT2D eigenvalue weighted by Crippen LogP contribution is 2.31. The average Bonchev–Trinajstić information content (AvgIpc) is 2.69. The van der Waals surface area contributed by atoms with Crippen molar-refractivity contribution in [1.82, 2.24) is 9.73 Å². The van der Waals surface area contributed by atoms with Gasteiger partial charge in [-0.3, -0.25) is 10.2 Å². The Morgan fingerprint density at radius 3 is 2.52 bits per heavy atom. The smallest absolute Gasteiger partial charge is 0.252 e. The summed E-state index contributed by atoms with van der Waals surface area (Å²) in [4.78, 5) is 12.1. The summed E-state index contributed by atoms with van der Waals surface area (Å²) in [5.41, 5.74) is 2.06. The van der Waals surface area contributed by atoms with Crippen LogP contribution in [0.15, 0.2) is 57.9 Å². The summed E-state index contributed by atoms with van der Waals surface area (Å²) in [7, 11) is -3.81. The van der Waals surface area contributed by atoms with Gasteiger partial charge >= 0.3 is 0 Å². The Morgan fingerprint density at radius 2 is 1.85 bits per heavy atom. The Balaban J connectivity index is 1.82. The van der Waals surface area contributed by atoms with E-state index in [1.165, 1.54) is 16.4 Å². The van der Waals surface area contributed by atoms with Crippen molar-refractivity contribution in [3.63, 3.8) is 0 Å². The zero-order valence-electron chi connectivity index (χ0n) is 14.5. The first-order valence-corrected chi connectivity index (χ1v) is 10.7. The highest BCUT2D eigenvalue weighted by atomic mass is 79.9. The van der Waals surface area contributed by atoms with Gasteiger partial charge in [0.2, 0.25) is 10.0 Å². The Morgan fingerprint density at radius 1 is 1.15 bits per heavy atom. The molecule has 1 amide bonds. The molecule has 0 radical (unpaired) electrons. The summed E-state index contributed by atoms with van der Waals surface area (Å²) < 4.78 is 33.8. The molecule has 0 aliphatic carbocycles. The molecule has 1 fully saturated rings. The fraction of sp³-hybridized carbons (Fsp3) is 0.278. The zero-order valence-corrected chi connectivity index (χ0v) is 16.9. The predicted octanol–water partition coefficient (Wildman–Crippen LogP) is 2.77. The molecule has 1 atom stereocenters. The van der Waals surface area contributed by atoms with Crippen molar-refractivity contribution in [2.45, 2.75) is 30.2 Å². The van der Waals surface area contributed by atoms with Crippen LogP contribution >= 0.6 is 15.9 Å². The number of benzene rings is 2. The minimum absolute atomic E-state index is 0.110. The molecule has 9 heteroatoms. The Labute approximate surface area is 166 Å². The minimum atomic E-state index is -3.81. The maximum absolute atomic E-state index is 13.0. The van der Waals surface area contributed by atoms with Crippen LogP contribution in [0.1, 0.15) is 19.3 Å². The van der Waals surface area contributed by atoms with Crippen molar-refractivity contribution in [1.29, 1.82) is 0 Å². The maximum atomic E-state index is 13.0. The van der Waals surface area contributed by atoms with Crippen molar-refractivity contribution in [3.05, 3.63) is 53.0 Å². The van der Waals surface area contributed by atoms with Gasteiger partial charge in [-0.25, -0.2) is 14.3 Å². The second-order valence-corrected chi connectivity index (χ2v) is 8.88. The molecule has 3 rings (SSSR count). The van der Waals surface area contributed by atoms with E-state index < -0.39 is 22.0 Å². The van der Waals surface area contributed by atoms with Gasteiger partial charge in [0.05, 0.1) is 9.37 Å². The highest BCUT2D eigenvalue weighted by Gasteiger charge is 2.37. The molecule has 1 saturated heterocycles. The monoisotopic (exact) mass is 453 g/mol. The number of hydrogen-bond acceptors (Lipinski definition) is 5. The molecule has 1 aliphatic heterocycles. The first kappa shape index (κ1) is 19.8. The van der Waals surface area contributed by atoms with Crippen LogP contribution in [0.3, 0.4) is 0 Å². The van der Waals surface area contributed by atoms with E-state index in [0.29, 0.717) is 24.3 Å². The second-order valence-electron chi connectivity index (χ2n) is 6.14. The number of rotatable bonds is 5. The molecule has 7 nitrogen and oxygen atoms in total. The lowest BCUT2D eigenvalue weighted by Gasteiger charge is -2.33. The van der Waals surface area contributed by atoms with Crippen LogP contribution in [0.5, 0.6) is 11.5 Å². The van der Waals surface area contributed by atoms with Gasteiger partial charge in [-0.2, -0.15) is 4.31 Å². The predicted molar refractivity (Wildman–Crippen MR) is 105 cm³/mol. The summed E-state index contributed by atoms with van der Waals surface area (Å²) in [5.74, 6) is 5.86. The van der Waals surface area contributed by atoms with Gasteiger partial charge < -0.3 is 4.74 Å². The van der Waals surface area contributed by atoms with Crippen molar-refractivity contribution < 1.29 is 17.9 Å². The molecule has 0 unspecified atom stereocenters. The number of amides is 1. The van der Waals surface area contributed by atoms with Crippen LogP contribution in [-0.2, 0) is 14.8 Å². The molecule has 2 aromatic carbocycles. The number of nitrogens with two attached hydrogens (primary N) is 1. The lowest BCUT2D eigenvalue weighted by Crippen LogP contribution is -2.53. The molecular formula is C18H20BrN3O4S. The van der Waals surface area contributed by atoms with E-state index in [-0.39, 0.29) is 11.4 Å². The average molecular weight is 454 g/mol. The number of carbonyl (C=O) groups excluding carboxylic acids is 1. The molecule has 3 N–H and O–H groups in total. The molecular weight excluding hydrogens is 434 g/mol. The Bertz CT molecular complexity index is 918. The largest absolute Gasteiger partial charge is 0.456 e. The van der Waals surface area contributed by atoms with Crippen LogP contribution in [-0.4, -0.2) is 31.2 Å². The van der Waals surface area contributed by atoms with Gasteiger partial charge in [0.1, 0.15) is 17.5 Å². The van der Waals surface area contributed by atoms with E-state index in [0.717, 1.165) is 10.9 Å². The number of piperidine rings is 1. The van der Waals surface area contributed by atoms with Crippen molar-refractivity contribution >= 4 is 31.9 Å². The lowest BCUT2D eigenvalue weighted by molar-refractivity contribution is -0.125. The molecule has 0 saturated carbocycles. The van der Waals surface area contributed by atoms with Crippen LogP contribution in [0.4, 0.5) is 0 Å². The topological polar surface area (TPSA) is 102 Å². The van der Waals surface area contributed by atoms with Crippen LogP contribution in [0.25, 0.3) is 0 Å². The van der Waals surface area contributed by atoms with Gasteiger partial charge in [-0.1, -0.05) is 18.6 Å². The van der Waals surface area contributed by atoms with Crippen LogP contribution in [0.2, 0.25) is 0 Å². The van der Waals surface area contributed by atoms with Gasteiger partial charge in [0.15, 0.2) is 0 Å². The summed E-state index contributed by atoms with van der Waals surface area (Å²) >= 11 is 3.40. The fourth-order valence-corrected chi connectivity index (χ4v) is 5.04. The number of halogens is 1. The first-order chi connectivity index (χ1) is 12.9. The molecule has 1 heterocycles. The molecule has 2 aromatic rings. The third-order valence-electron chi connectivity index (χ3n) is 4.39. The number of ether oxygens (including phenoxy) is 1. The number of hydrogen-bond donors (Lipinski definition) is 2. The Hall–Kier alpha value is -1.94. The van der Waals surface area contributed by atoms with E-state index in [2.05, 4.69) is 21.4 Å². The zero-order chi connectivity index (χ0) is 19.4. The fourth-order valence-electron chi connectivity index (χ4n) is 3.02. The van der Waals surface area contributed by atoms with Crippen molar-refractivity contribution in [2.24, 2.45) is 5.84 Å². The number of para-hydroxylation sites is 1. The molecule has 27 heavy (non-hydrogen) atoms.